The summed E-state index contributed by atoms with van der Waals surface area (Å²) < 4.78 is 48.3. The molecule has 0 radical (unpaired) electrons. The van der Waals surface area contributed by atoms with Crippen molar-refractivity contribution in [2.75, 3.05) is 25.3 Å². The Morgan fingerprint density at radius 2 is 1.72 bits per heavy atom. The zero-order chi connectivity index (χ0) is 18.4. The molecule has 0 spiro atoms. The largest absolute Gasteiger partial charge is 0.497 e. The fraction of sp³-hybridized carbons (Fsp3) is 0.235. The first-order valence-electron chi connectivity index (χ1n) is 7.15. The summed E-state index contributed by atoms with van der Waals surface area (Å²) in [7, 11) is 2.98. The third kappa shape index (κ3) is 5.60. The van der Waals surface area contributed by atoms with Gasteiger partial charge in [0.1, 0.15) is 11.5 Å². The molecule has 0 aliphatic heterocycles. The first-order valence-corrected chi connectivity index (χ1v) is 8.13. The summed E-state index contributed by atoms with van der Waals surface area (Å²) in [5, 5.41) is 2.66. The maximum atomic E-state index is 12.7. The fourth-order valence-electron chi connectivity index (χ4n) is 1.99. The molecule has 0 aliphatic carbocycles. The van der Waals surface area contributed by atoms with E-state index in [1.807, 2.05) is 0 Å². The summed E-state index contributed by atoms with van der Waals surface area (Å²) in [5.41, 5.74) is -0.263. The average Bonchev–Trinajstić information content (AvgIpc) is 2.59. The molecule has 8 heteroatoms. The number of benzene rings is 2. The molecule has 134 valence electrons. The van der Waals surface area contributed by atoms with Gasteiger partial charge in [-0.2, -0.15) is 13.2 Å². The van der Waals surface area contributed by atoms with Crippen molar-refractivity contribution in [3.63, 3.8) is 0 Å². The molecule has 4 nitrogen and oxygen atoms in total. The van der Waals surface area contributed by atoms with Crippen molar-refractivity contribution >= 4 is 23.4 Å². The maximum absolute atomic E-state index is 12.7. The van der Waals surface area contributed by atoms with Crippen LogP contribution in [-0.2, 0) is 11.0 Å². The minimum Gasteiger partial charge on any atom is -0.497 e. The number of hydrogen-bond acceptors (Lipinski definition) is 4. The number of alkyl halides is 3. The van der Waals surface area contributed by atoms with Crippen molar-refractivity contribution in [3.8, 4) is 11.5 Å². The van der Waals surface area contributed by atoms with Gasteiger partial charge in [-0.25, -0.2) is 0 Å². The van der Waals surface area contributed by atoms with Gasteiger partial charge >= 0.3 is 6.18 Å². The van der Waals surface area contributed by atoms with Gasteiger partial charge in [0, 0.05) is 28.8 Å². The van der Waals surface area contributed by atoms with Crippen LogP contribution < -0.4 is 14.8 Å². The molecule has 2 rings (SSSR count). The van der Waals surface area contributed by atoms with E-state index in [4.69, 9.17) is 9.47 Å². The molecule has 2 aromatic rings. The molecular weight excluding hydrogens is 355 g/mol. The normalized spacial score (nSPS) is 11.1. The number of halogens is 3. The highest BCUT2D eigenvalue weighted by atomic mass is 32.2. The third-order valence-corrected chi connectivity index (χ3v) is 4.16. The van der Waals surface area contributed by atoms with Crippen LogP contribution in [0.15, 0.2) is 47.4 Å². The molecule has 0 fully saturated rings. The number of amides is 1. The lowest BCUT2D eigenvalue weighted by Gasteiger charge is -2.10. The van der Waals surface area contributed by atoms with Crippen molar-refractivity contribution < 1.29 is 27.4 Å². The van der Waals surface area contributed by atoms with E-state index in [1.54, 1.807) is 18.2 Å². The van der Waals surface area contributed by atoms with Crippen LogP contribution in [0.25, 0.3) is 0 Å². The lowest BCUT2D eigenvalue weighted by atomic mass is 10.2. The van der Waals surface area contributed by atoms with Crippen LogP contribution in [-0.4, -0.2) is 25.9 Å². The molecule has 0 bridgehead atoms. The maximum Gasteiger partial charge on any atom is 0.416 e. The van der Waals surface area contributed by atoms with E-state index in [0.717, 1.165) is 23.9 Å². The highest BCUT2D eigenvalue weighted by Crippen LogP contribution is 2.32. The van der Waals surface area contributed by atoms with Gasteiger partial charge in [0.25, 0.3) is 0 Å². The van der Waals surface area contributed by atoms with Crippen LogP contribution in [0.5, 0.6) is 11.5 Å². The molecular formula is C17H16F3NO3S. The van der Waals surface area contributed by atoms with Gasteiger partial charge < -0.3 is 14.8 Å². The number of carbonyl (C=O) groups excluding carboxylic acids is 1. The van der Waals surface area contributed by atoms with E-state index in [-0.39, 0.29) is 11.7 Å². The van der Waals surface area contributed by atoms with E-state index in [2.05, 4.69) is 5.32 Å². The number of thioether (sulfide) groups is 1. The minimum absolute atomic E-state index is 0.0269. The lowest BCUT2D eigenvalue weighted by Crippen LogP contribution is -2.14. The summed E-state index contributed by atoms with van der Waals surface area (Å²) in [4.78, 5) is 12.4. The quantitative estimate of drug-likeness (QED) is 0.762. The second-order valence-corrected chi connectivity index (χ2v) is 6.01. The molecule has 0 unspecified atom stereocenters. The Balaban J connectivity index is 1.99. The molecule has 0 saturated heterocycles. The monoisotopic (exact) mass is 371 g/mol. The molecule has 0 atom stereocenters. The molecule has 0 aliphatic rings. The van der Waals surface area contributed by atoms with Crippen LogP contribution in [0.1, 0.15) is 5.56 Å². The molecule has 2 aromatic carbocycles. The van der Waals surface area contributed by atoms with Gasteiger partial charge in [-0.05, 0) is 18.2 Å². The summed E-state index contributed by atoms with van der Waals surface area (Å²) in [5.74, 6) is 0.652. The van der Waals surface area contributed by atoms with Crippen molar-refractivity contribution in [3.05, 3.63) is 48.0 Å². The lowest BCUT2D eigenvalue weighted by molar-refractivity contribution is -0.137. The molecule has 0 aromatic heterocycles. The van der Waals surface area contributed by atoms with E-state index in [9.17, 15) is 18.0 Å². The Morgan fingerprint density at radius 3 is 2.28 bits per heavy atom. The molecule has 0 heterocycles. The smallest absolute Gasteiger partial charge is 0.416 e. The first-order chi connectivity index (χ1) is 11.8. The Hall–Kier alpha value is -2.35. The number of anilines is 1. The number of ether oxygens (including phenoxy) is 2. The SMILES string of the molecule is COc1cc(NC(=O)CSc2cccc(C(F)(F)F)c2)cc(OC)c1. The van der Waals surface area contributed by atoms with Crippen molar-refractivity contribution in [1.82, 2.24) is 0 Å². The van der Waals surface area contributed by atoms with Gasteiger partial charge in [0.2, 0.25) is 5.91 Å². The van der Waals surface area contributed by atoms with Crippen LogP contribution in [0.2, 0.25) is 0 Å². The second-order valence-electron chi connectivity index (χ2n) is 4.96. The van der Waals surface area contributed by atoms with Gasteiger partial charge in [-0.15, -0.1) is 11.8 Å². The van der Waals surface area contributed by atoms with Crippen LogP contribution in [0.3, 0.4) is 0 Å². The van der Waals surface area contributed by atoms with Gasteiger partial charge in [0.05, 0.1) is 25.5 Å². The number of rotatable bonds is 6. The van der Waals surface area contributed by atoms with Crippen LogP contribution in [0, 0.1) is 0 Å². The number of carbonyl (C=O) groups is 1. The molecule has 0 saturated carbocycles. The first kappa shape index (κ1) is 19.0. The standard InChI is InChI=1S/C17H16F3NO3S/c1-23-13-7-12(8-14(9-13)24-2)21-16(22)10-25-15-5-3-4-11(6-15)17(18,19)20/h3-9H,10H2,1-2H3,(H,21,22). The minimum atomic E-state index is -4.41. The van der Waals surface area contributed by atoms with Crippen molar-refractivity contribution in [1.29, 1.82) is 0 Å². The zero-order valence-electron chi connectivity index (χ0n) is 13.5. The highest BCUT2D eigenvalue weighted by molar-refractivity contribution is 8.00. The molecule has 25 heavy (non-hydrogen) atoms. The van der Waals surface area contributed by atoms with Gasteiger partial charge in [-0.3, -0.25) is 4.79 Å². The zero-order valence-corrected chi connectivity index (χ0v) is 14.3. The summed E-state index contributed by atoms with van der Waals surface area (Å²) >= 11 is 1.02. The highest BCUT2D eigenvalue weighted by Gasteiger charge is 2.30. The summed E-state index contributed by atoms with van der Waals surface area (Å²) in [6, 6.07) is 9.76. The van der Waals surface area contributed by atoms with Crippen molar-refractivity contribution in [2.45, 2.75) is 11.1 Å². The predicted molar refractivity (Wildman–Crippen MR) is 90.3 cm³/mol. The van der Waals surface area contributed by atoms with Gasteiger partial charge in [-0.1, -0.05) is 6.07 Å². The summed E-state index contributed by atoms with van der Waals surface area (Å²) in [6.45, 7) is 0. The van der Waals surface area contributed by atoms with Crippen molar-refractivity contribution in [2.24, 2.45) is 0 Å². The molecule has 1 amide bonds. The Bertz CT molecular complexity index is 728. The van der Waals surface area contributed by atoms with Crippen LogP contribution in [0.4, 0.5) is 18.9 Å². The topological polar surface area (TPSA) is 47.6 Å². The third-order valence-electron chi connectivity index (χ3n) is 3.17. The molecule has 1 N–H and O–H groups in total. The predicted octanol–water partition coefficient (Wildman–Crippen LogP) is 4.45. The Labute approximate surface area is 147 Å². The number of hydrogen-bond donors (Lipinski definition) is 1. The average molecular weight is 371 g/mol. The second kappa shape index (κ2) is 8.15. The van der Waals surface area contributed by atoms with Gasteiger partial charge in [0.15, 0.2) is 0 Å². The Morgan fingerprint density at radius 1 is 1.08 bits per heavy atom. The number of methoxy groups -OCH3 is 2. The van der Waals surface area contributed by atoms with E-state index in [0.29, 0.717) is 22.1 Å². The van der Waals surface area contributed by atoms with E-state index < -0.39 is 11.7 Å². The van der Waals surface area contributed by atoms with E-state index >= 15 is 0 Å². The summed E-state index contributed by atoms with van der Waals surface area (Å²) in [6.07, 6.45) is -4.41. The Kier molecular flexibility index (Phi) is 6.19. The number of nitrogens with one attached hydrogen (secondary N) is 1. The van der Waals surface area contributed by atoms with E-state index in [1.165, 1.54) is 26.4 Å². The van der Waals surface area contributed by atoms with Crippen LogP contribution >= 0.6 is 11.8 Å². The fourth-order valence-corrected chi connectivity index (χ4v) is 2.74.